The van der Waals surface area contributed by atoms with E-state index in [9.17, 15) is 9.59 Å². The number of rotatable bonds is 6. The third kappa shape index (κ3) is 4.23. The smallest absolute Gasteiger partial charge is 0.231 e. The molecule has 0 bridgehead atoms. The van der Waals surface area contributed by atoms with E-state index in [1.165, 1.54) is 11.3 Å². The molecular formula is C19H18ClN5O2S. The molecule has 0 radical (unpaired) electrons. The van der Waals surface area contributed by atoms with Crippen LogP contribution in [0.25, 0.3) is 0 Å². The highest BCUT2D eigenvalue weighted by Crippen LogP contribution is 2.25. The normalized spacial score (nSPS) is 13.9. The van der Waals surface area contributed by atoms with Crippen molar-refractivity contribution in [2.45, 2.75) is 25.8 Å². The summed E-state index contributed by atoms with van der Waals surface area (Å²) >= 11 is 7.31. The van der Waals surface area contributed by atoms with E-state index in [4.69, 9.17) is 11.6 Å². The number of amides is 2. The van der Waals surface area contributed by atoms with Gasteiger partial charge in [-0.15, -0.1) is 11.3 Å². The Hall–Kier alpha value is -2.71. The maximum atomic E-state index is 12.4. The summed E-state index contributed by atoms with van der Waals surface area (Å²) in [5, 5.41) is 10.3. The second kappa shape index (κ2) is 8.12. The van der Waals surface area contributed by atoms with Gasteiger partial charge in [0.2, 0.25) is 11.8 Å². The lowest BCUT2D eigenvalue weighted by Gasteiger charge is -2.10. The molecule has 144 valence electrons. The summed E-state index contributed by atoms with van der Waals surface area (Å²) in [6, 6.07) is 9.24. The summed E-state index contributed by atoms with van der Waals surface area (Å²) in [5.74, 6) is 0.532. The van der Waals surface area contributed by atoms with Gasteiger partial charge in [-0.25, -0.2) is 9.67 Å². The molecule has 1 saturated heterocycles. The van der Waals surface area contributed by atoms with Crippen LogP contribution in [0.1, 0.15) is 24.1 Å². The molecule has 0 saturated carbocycles. The number of benzene rings is 1. The minimum Gasteiger partial charge on any atom is -0.311 e. The Bertz CT molecular complexity index is 998. The predicted molar refractivity (Wildman–Crippen MR) is 109 cm³/mol. The Labute approximate surface area is 170 Å². The van der Waals surface area contributed by atoms with E-state index < -0.39 is 0 Å². The van der Waals surface area contributed by atoms with Crippen molar-refractivity contribution in [1.82, 2.24) is 14.8 Å². The molecule has 1 N–H and O–H groups in total. The van der Waals surface area contributed by atoms with Crippen LogP contribution in [0.3, 0.4) is 0 Å². The molecule has 7 nitrogen and oxygen atoms in total. The van der Waals surface area contributed by atoms with E-state index in [1.807, 2.05) is 29.6 Å². The van der Waals surface area contributed by atoms with Gasteiger partial charge in [-0.05, 0) is 24.1 Å². The summed E-state index contributed by atoms with van der Waals surface area (Å²) in [4.78, 5) is 30.4. The van der Waals surface area contributed by atoms with Gasteiger partial charge in [0.25, 0.3) is 0 Å². The third-order valence-corrected chi connectivity index (χ3v) is 5.58. The number of hydrogen-bond donors (Lipinski definition) is 1. The summed E-state index contributed by atoms with van der Waals surface area (Å²) in [5.41, 5.74) is 1.68. The first-order valence-electron chi connectivity index (χ1n) is 8.89. The second-order valence-corrected chi connectivity index (χ2v) is 7.77. The lowest BCUT2D eigenvalue weighted by Crippen LogP contribution is -2.23. The van der Waals surface area contributed by atoms with Crippen LogP contribution in [0, 0.1) is 0 Å². The van der Waals surface area contributed by atoms with E-state index in [0.717, 1.165) is 12.0 Å². The summed E-state index contributed by atoms with van der Waals surface area (Å²) in [6.07, 6.45) is 3.20. The Balaban J connectivity index is 1.38. The average Bonchev–Trinajstić information content (AvgIpc) is 3.39. The van der Waals surface area contributed by atoms with Gasteiger partial charge >= 0.3 is 0 Å². The molecule has 1 fully saturated rings. The van der Waals surface area contributed by atoms with Crippen molar-refractivity contribution in [3.8, 4) is 0 Å². The summed E-state index contributed by atoms with van der Waals surface area (Å²) in [6.45, 7) is 1.22. The number of aromatic nitrogens is 3. The molecule has 0 atom stereocenters. The number of carbonyl (C=O) groups excluding carboxylic acids is 2. The third-order valence-electron chi connectivity index (χ3n) is 4.42. The highest BCUT2D eigenvalue weighted by atomic mass is 35.5. The van der Waals surface area contributed by atoms with Crippen LogP contribution in [0.15, 0.2) is 41.9 Å². The van der Waals surface area contributed by atoms with Crippen molar-refractivity contribution in [3.63, 3.8) is 0 Å². The molecule has 1 aliphatic rings. The Morgan fingerprint density at radius 3 is 2.82 bits per heavy atom. The van der Waals surface area contributed by atoms with Crippen molar-refractivity contribution >= 4 is 45.7 Å². The number of nitrogens with one attached hydrogen (secondary N) is 1. The molecule has 1 aromatic carbocycles. The van der Waals surface area contributed by atoms with Gasteiger partial charge in [0, 0.05) is 29.4 Å². The maximum Gasteiger partial charge on any atom is 0.231 e. The fourth-order valence-corrected chi connectivity index (χ4v) is 4.02. The fourth-order valence-electron chi connectivity index (χ4n) is 3.03. The van der Waals surface area contributed by atoms with E-state index >= 15 is 0 Å². The minimum absolute atomic E-state index is 0.0939. The first-order valence-corrected chi connectivity index (χ1v) is 10.1. The molecule has 2 aromatic heterocycles. The van der Waals surface area contributed by atoms with Gasteiger partial charge in [0.15, 0.2) is 5.13 Å². The monoisotopic (exact) mass is 415 g/mol. The molecule has 3 heterocycles. The summed E-state index contributed by atoms with van der Waals surface area (Å²) < 4.78 is 1.72. The minimum atomic E-state index is -0.178. The fraction of sp³-hybridized carbons (Fsp3) is 0.263. The largest absolute Gasteiger partial charge is 0.311 e. The standard InChI is InChI=1S/C19H18ClN5O2S/c20-14-5-3-13(4-6-14)11-25-16(7-8-21-25)23-17(26)10-15-12-28-19(22-15)24-9-1-2-18(24)27/h3-8,12H,1-2,9-11H2,(H,23,26). The van der Waals surface area contributed by atoms with Crippen molar-refractivity contribution in [2.24, 2.45) is 0 Å². The van der Waals surface area contributed by atoms with Gasteiger partial charge < -0.3 is 5.32 Å². The lowest BCUT2D eigenvalue weighted by atomic mass is 10.2. The van der Waals surface area contributed by atoms with Crippen LogP contribution in [0.5, 0.6) is 0 Å². The lowest BCUT2D eigenvalue weighted by molar-refractivity contribution is -0.117. The molecule has 0 spiro atoms. The van der Waals surface area contributed by atoms with E-state index in [1.54, 1.807) is 21.8 Å². The Morgan fingerprint density at radius 1 is 1.25 bits per heavy atom. The zero-order valence-corrected chi connectivity index (χ0v) is 16.5. The zero-order valence-electron chi connectivity index (χ0n) is 15.0. The molecule has 28 heavy (non-hydrogen) atoms. The van der Waals surface area contributed by atoms with Crippen molar-refractivity contribution in [3.05, 3.63) is 58.2 Å². The number of halogens is 1. The molecule has 4 rings (SSSR count). The molecule has 9 heteroatoms. The predicted octanol–water partition coefficient (Wildman–Crippen LogP) is 3.35. The molecule has 1 aliphatic heterocycles. The number of carbonyl (C=O) groups is 2. The van der Waals surface area contributed by atoms with Crippen LogP contribution < -0.4 is 10.2 Å². The van der Waals surface area contributed by atoms with E-state index in [-0.39, 0.29) is 18.2 Å². The van der Waals surface area contributed by atoms with Gasteiger partial charge in [-0.3, -0.25) is 14.5 Å². The second-order valence-electron chi connectivity index (χ2n) is 6.50. The molecule has 0 unspecified atom stereocenters. The quantitative estimate of drug-likeness (QED) is 0.669. The number of hydrogen-bond acceptors (Lipinski definition) is 5. The van der Waals surface area contributed by atoms with Crippen molar-refractivity contribution in [2.75, 3.05) is 16.8 Å². The number of anilines is 2. The number of thiazole rings is 1. The van der Waals surface area contributed by atoms with Gasteiger partial charge in [0.1, 0.15) is 5.82 Å². The molecule has 3 aromatic rings. The van der Waals surface area contributed by atoms with Crippen LogP contribution in [-0.4, -0.2) is 33.1 Å². The summed E-state index contributed by atoms with van der Waals surface area (Å²) in [7, 11) is 0. The highest BCUT2D eigenvalue weighted by Gasteiger charge is 2.24. The topological polar surface area (TPSA) is 80.1 Å². The van der Waals surface area contributed by atoms with Crippen LogP contribution >= 0.6 is 22.9 Å². The Kier molecular flexibility index (Phi) is 5.40. The van der Waals surface area contributed by atoms with Crippen molar-refractivity contribution < 1.29 is 9.59 Å². The first kappa shape index (κ1) is 18.6. The molecule has 2 amide bonds. The van der Waals surface area contributed by atoms with Crippen LogP contribution in [-0.2, 0) is 22.6 Å². The number of nitrogens with zero attached hydrogens (tertiary/aromatic N) is 4. The van der Waals surface area contributed by atoms with E-state index in [0.29, 0.717) is 41.2 Å². The molecule has 0 aliphatic carbocycles. The van der Waals surface area contributed by atoms with E-state index in [2.05, 4.69) is 15.4 Å². The zero-order chi connectivity index (χ0) is 19.5. The maximum absolute atomic E-state index is 12.4. The average molecular weight is 416 g/mol. The SMILES string of the molecule is O=C(Cc1csc(N2CCCC2=O)n1)Nc1ccnn1Cc1ccc(Cl)cc1. The van der Waals surface area contributed by atoms with Crippen LogP contribution in [0.4, 0.5) is 10.9 Å². The van der Waals surface area contributed by atoms with Gasteiger partial charge in [0.05, 0.1) is 24.9 Å². The van der Waals surface area contributed by atoms with Gasteiger partial charge in [-0.2, -0.15) is 5.10 Å². The van der Waals surface area contributed by atoms with Crippen LogP contribution in [0.2, 0.25) is 5.02 Å². The first-order chi connectivity index (χ1) is 13.6. The Morgan fingerprint density at radius 2 is 2.07 bits per heavy atom. The highest BCUT2D eigenvalue weighted by molar-refractivity contribution is 7.14. The molecular weight excluding hydrogens is 398 g/mol. The van der Waals surface area contributed by atoms with Gasteiger partial charge in [-0.1, -0.05) is 23.7 Å². The van der Waals surface area contributed by atoms with Crippen molar-refractivity contribution in [1.29, 1.82) is 0 Å².